The molecule has 6 nitrogen and oxygen atoms in total. The highest BCUT2D eigenvalue weighted by Crippen LogP contribution is 2.22. The van der Waals surface area contributed by atoms with Crippen molar-refractivity contribution in [1.29, 1.82) is 0 Å². The molecule has 2 rings (SSSR count). The predicted octanol–water partition coefficient (Wildman–Crippen LogP) is 2.81. The van der Waals surface area contributed by atoms with E-state index >= 15 is 0 Å². The van der Waals surface area contributed by atoms with E-state index in [2.05, 4.69) is 5.32 Å². The summed E-state index contributed by atoms with van der Waals surface area (Å²) < 4.78 is 0. The van der Waals surface area contributed by atoms with Crippen LogP contribution in [0.5, 0.6) is 0 Å². The summed E-state index contributed by atoms with van der Waals surface area (Å²) in [6.07, 6.45) is 0.0730. The molecular formula is C17H17ClN2O4. The van der Waals surface area contributed by atoms with Crippen molar-refractivity contribution in [2.75, 3.05) is 6.54 Å². The van der Waals surface area contributed by atoms with Gasteiger partial charge in [-0.05, 0) is 30.2 Å². The molecule has 0 aliphatic heterocycles. The predicted molar refractivity (Wildman–Crippen MR) is 90.8 cm³/mol. The fraction of sp³-hybridized carbons (Fsp3) is 0.235. The summed E-state index contributed by atoms with van der Waals surface area (Å²) in [4.78, 5) is 22.1. The number of hydrogen-bond donors (Lipinski definition) is 2. The second-order valence-corrected chi connectivity index (χ2v) is 6.10. The number of amides is 1. The molecule has 0 aliphatic carbocycles. The number of halogens is 1. The average molecular weight is 349 g/mol. The van der Waals surface area contributed by atoms with Crippen LogP contribution in [0.1, 0.15) is 18.1 Å². The van der Waals surface area contributed by atoms with E-state index in [1.165, 1.54) is 24.3 Å². The van der Waals surface area contributed by atoms with Gasteiger partial charge in [0.2, 0.25) is 5.91 Å². The van der Waals surface area contributed by atoms with Crippen molar-refractivity contribution < 1.29 is 14.8 Å². The Morgan fingerprint density at radius 3 is 2.54 bits per heavy atom. The number of non-ortho nitro benzene ring substituents is 1. The highest BCUT2D eigenvalue weighted by atomic mass is 35.5. The van der Waals surface area contributed by atoms with Gasteiger partial charge in [0.15, 0.2) is 0 Å². The first-order chi connectivity index (χ1) is 11.3. The van der Waals surface area contributed by atoms with Gasteiger partial charge < -0.3 is 10.4 Å². The van der Waals surface area contributed by atoms with Crippen molar-refractivity contribution in [1.82, 2.24) is 5.32 Å². The molecule has 0 spiro atoms. The van der Waals surface area contributed by atoms with Gasteiger partial charge in [0, 0.05) is 17.2 Å². The minimum atomic E-state index is -1.25. The quantitative estimate of drug-likeness (QED) is 0.620. The summed E-state index contributed by atoms with van der Waals surface area (Å²) in [5.74, 6) is -0.286. The minimum Gasteiger partial charge on any atom is -0.384 e. The maximum Gasteiger partial charge on any atom is 0.269 e. The van der Waals surface area contributed by atoms with E-state index in [1.54, 1.807) is 31.2 Å². The number of carbonyl (C=O) groups excluding carboxylic acids is 1. The number of nitro groups is 1. The first kappa shape index (κ1) is 17.9. The van der Waals surface area contributed by atoms with Crippen molar-refractivity contribution in [3.63, 3.8) is 0 Å². The summed E-state index contributed by atoms with van der Waals surface area (Å²) in [5, 5.41) is 24.2. The van der Waals surface area contributed by atoms with E-state index < -0.39 is 10.5 Å². The van der Waals surface area contributed by atoms with Crippen molar-refractivity contribution in [3.8, 4) is 0 Å². The van der Waals surface area contributed by atoms with Crippen LogP contribution in [0.15, 0.2) is 48.5 Å². The maximum atomic E-state index is 12.0. The Kier molecular flexibility index (Phi) is 5.54. The van der Waals surface area contributed by atoms with Gasteiger partial charge >= 0.3 is 0 Å². The Morgan fingerprint density at radius 2 is 1.96 bits per heavy atom. The molecule has 1 unspecified atom stereocenters. The van der Waals surface area contributed by atoms with Gasteiger partial charge in [-0.25, -0.2) is 0 Å². The third-order valence-corrected chi connectivity index (χ3v) is 3.82. The fourth-order valence-electron chi connectivity index (χ4n) is 2.18. The molecule has 24 heavy (non-hydrogen) atoms. The second-order valence-electron chi connectivity index (χ2n) is 5.66. The lowest BCUT2D eigenvalue weighted by molar-refractivity contribution is -0.384. The van der Waals surface area contributed by atoms with E-state index in [1.807, 2.05) is 0 Å². The van der Waals surface area contributed by atoms with Crippen LogP contribution in [-0.2, 0) is 16.8 Å². The van der Waals surface area contributed by atoms with Crippen LogP contribution in [0.4, 0.5) is 5.69 Å². The lowest BCUT2D eigenvalue weighted by Crippen LogP contribution is -2.39. The molecule has 2 N–H and O–H groups in total. The van der Waals surface area contributed by atoms with Crippen LogP contribution in [0, 0.1) is 10.1 Å². The molecule has 2 aromatic carbocycles. The number of nitro benzene ring substituents is 1. The third kappa shape index (κ3) is 4.78. The molecule has 126 valence electrons. The Labute approximate surface area is 144 Å². The number of carbonyl (C=O) groups is 1. The third-order valence-electron chi connectivity index (χ3n) is 3.59. The Morgan fingerprint density at radius 1 is 1.29 bits per heavy atom. The van der Waals surface area contributed by atoms with E-state index in [-0.39, 0.29) is 24.6 Å². The molecule has 0 saturated heterocycles. The summed E-state index contributed by atoms with van der Waals surface area (Å²) in [5.41, 5.74) is -0.0232. The van der Waals surface area contributed by atoms with Crippen LogP contribution in [-0.4, -0.2) is 22.5 Å². The highest BCUT2D eigenvalue weighted by molar-refractivity contribution is 6.30. The SMILES string of the molecule is CC(O)(CNC(=O)Cc1ccc([N+](=O)[O-])cc1)c1cccc(Cl)c1. The number of nitrogens with one attached hydrogen (secondary N) is 1. The minimum absolute atomic E-state index is 0.0250. The molecule has 0 aliphatic rings. The normalized spacial score (nSPS) is 13.1. The number of rotatable bonds is 6. The van der Waals surface area contributed by atoms with E-state index in [0.717, 1.165) is 0 Å². The van der Waals surface area contributed by atoms with Gasteiger partial charge in [-0.3, -0.25) is 14.9 Å². The maximum absolute atomic E-state index is 12.0. The van der Waals surface area contributed by atoms with Gasteiger partial charge in [0.25, 0.3) is 5.69 Å². The summed E-state index contributed by atoms with van der Waals surface area (Å²) >= 11 is 5.91. The molecule has 0 radical (unpaired) electrons. The molecule has 0 saturated carbocycles. The monoisotopic (exact) mass is 348 g/mol. The van der Waals surface area contributed by atoms with Crippen LogP contribution < -0.4 is 5.32 Å². The second kappa shape index (κ2) is 7.42. The number of hydrogen-bond acceptors (Lipinski definition) is 4. The number of aliphatic hydroxyl groups is 1. The Balaban J connectivity index is 1.93. The lowest BCUT2D eigenvalue weighted by Gasteiger charge is -2.24. The lowest BCUT2D eigenvalue weighted by atomic mass is 9.96. The summed E-state index contributed by atoms with van der Waals surface area (Å²) in [6.45, 7) is 1.62. The first-order valence-corrected chi connectivity index (χ1v) is 7.64. The van der Waals surface area contributed by atoms with Crippen LogP contribution in [0.25, 0.3) is 0 Å². The van der Waals surface area contributed by atoms with Gasteiger partial charge in [0.05, 0.1) is 17.9 Å². The zero-order valence-corrected chi connectivity index (χ0v) is 13.8. The topological polar surface area (TPSA) is 92.5 Å². The Bertz CT molecular complexity index is 745. The highest BCUT2D eigenvalue weighted by Gasteiger charge is 2.24. The van der Waals surface area contributed by atoms with Gasteiger partial charge in [-0.2, -0.15) is 0 Å². The van der Waals surface area contributed by atoms with Crippen molar-refractivity contribution >= 4 is 23.2 Å². The molecule has 2 aromatic rings. The zero-order chi connectivity index (χ0) is 17.7. The molecule has 1 amide bonds. The smallest absolute Gasteiger partial charge is 0.269 e. The van der Waals surface area contributed by atoms with Crippen molar-refractivity contribution in [2.24, 2.45) is 0 Å². The first-order valence-electron chi connectivity index (χ1n) is 7.26. The molecule has 7 heteroatoms. The van der Waals surface area contributed by atoms with Gasteiger partial charge in [0.1, 0.15) is 5.60 Å². The molecule has 1 atom stereocenters. The van der Waals surface area contributed by atoms with Crippen LogP contribution in [0.3, 0.4) is 0 Å². The number of benzene rings is 2. The number of nitrogens with zero attached hydrogens (tertiary/aromatic N) is 1. The molecule has 0 heterocycles. The molecule has 0 fully saturated rings. The van der Waals surface area contributed by atoms with Crippen molar-refractivity contribution in [3.05, 3.63) is 74.8 Å². The largest absolute Gasteiger partial charge is 0.384 e. The van der Waals surface area contributed by atoms with Gasteiger partial charge in [-0.1, -0.05) is 35.9 Å². The zero-order valence-electron chi connectivity index (χ0n) is 13.0. The summed E-state index contributed by atoms with van der Waals surface area (Å²) in [6, 6.07) is 12.6. The molecule has 0 aromatic heterocycles. The summed E-state index contributed by atoms with van der Waals surface area (Å²) in [7, 11) is 0. The fourth-order valence-corrected chi connectivity index (χ4v) is 2.37. The van der Waals surface area contributed by atoms with E-state index in [4.69, 9.17) is 11.6 Å². The van der Waals surface area contributed by atoms with Crippen LogP contribution >= 0.6 is 11.6 Å². The van der Waals surface area contributed by atoms with Crippen LogP contribution in [0.2, 0.25) is 5.02 Å². The molecule has 0 bridgehead atoms. The van der Waals surface area contributed by atoms with E-state index in [0.29, 0.717) is 16.1 Å². The average Bonchev–Trinajstić information content (AvgIpc) is 2.53. The standard InChI is InChI=1S/C17H17ClN2O4/c1-17(22,13-3-2-4-14(18)10-13)11-19-16(21)9-12-5-7-15(8-6-12)20(23)24/h2-8,10,22H,9,11H2,1H3,(H,19,21). The molecular weight excluding hydrogens is 332 g/mol. The Hall–Kier alpha value is -2.44. The van der Waals surface area contributed by atoms with Crippen molar-refractivity contribution in [2.45, 2.75) is 18.9 Å². The van der Waals surface area contributed by atoms with E-state index in [9.17, 15) is 20.0 Å². The van der Waals surface area contributed by atoms with Gasteiger partial charge in [-0.15, -0.1) is 0 Å².